The molecule has 1 aliphatic heterocycles. The Kier molecular flexibility index (Phi) is 3.32. The molecular weight excluding hydrogens is 255 g/mol. The first-order valence-electron chi connectivity index (χ1n) is 4.94. The molecule has 3 atom stereocenters. The zero-order chi connectivity index (χ0) is 12.6. The van der Waals surface area contributed by atoms with Crippen molar-refractivity contribution in [1.29, 1.82) is 0 Å². The van der Waals surface area contributed by atoms with Gasteiger partial charge in [0, 0.05) is 6.42 Å². The van der Waals surface area contributed by atoms with Gasteiger partial charge in [0.1, 0.15) is 6.23 Å². The van der Waals surface area contributed by atoms with E-state index in [-0.39, 0.29) is 13.0 Å². The Balaban J connectivity index is 2.34. The van der Waals surface area contributed by atoms with Gasteiger partial charge in [-0.15, -0.1) is 11.6 Å². The number of aliphatic hydroxyl groups is 1. The third kappa shape index (κ3) is 2.26. The van der Waals surface area contributed by atoms with Crippen molar-refractivity contribution < 1.29 is 14.2 Å². The maximum Gasteiger partial charge on any atom is 0.330 e. The Labute approximate surface area is 99.6 Å². The first kappa shape index (κ1) is 12.3. The van der Waals surface area contributed by atoms with Gasteiger partial charge < -0.3 is 9.84 Å². The van der Waals surface area contributed by atoms with Crippen molar-refractivity contribution in [3.8, 4) is 0 Å². The quantitative estimate of drug-likeness (QED) is 0.710. The third-order valence-corrected chi connectivity index (χ3v) is 3.04. The van der Waals surface area contributed by atoms with Gasteiger partial charge >= 0.3 is 5.69 Å². The van der Waals surface area contributed by atoms with Crippen LogP contribution in [0.25, 0.3) is 0 Å². The number of hydrogen-bond acceptors (Lipinski definition) is 4. The standard InChI is InChI=1S/C9H10ClFN2O4/c10-4-1-7(17-6(4)3-14)13-2-5(11)8(15)12-9(13)16/h2,4,6-7,14H,1,3H2,(H,12,15,16)/t4-,6-,7-/m1/s1. The van der Waals surface area contributed by atoms with Gasteiger partial charge in [-0.1, -0.05) is 0 Å². The van der Waals surface area contributed by atoms with E-state index in [9.17, 15) is 14.0 Å². The summed E-state index contributed by atoms with van der Waals surface area (Å²) in [6.07, 6.45) is -0.370. The lowest BCUT2D eigenvalue weighted by Crippen LogP contribution is -2.34. The SMILES string of the molecule is O=c1[nH]c(=O)n([C@H]2C[C@@H](Cl)[C@@H](CO)O2)cc1F. The molecule has 0 unspecified atom stereocenters. The summed E-state index contributed by atoms with van der Waals surface area (Å²) in [6, 6.07) is 0. The molecule has 94 valence electrons. The van der Waals surface area contributed by atoms with Crippen LogP contribution in [0.2, 0.25) is 0 Å². The lowest BCUT2D eigenvalue weighted by Gasteiger charge is -2.14. The molecule has 1 aromatic rings. The Morgan fingerprint density at radius 1 is 1.65 bits per heavy atom. The van der Waals surface area contributed by atoms with E-state index in [0.29, 0.717) is 0 Å². The van der Waals surface area contributed by atoms with Crippen LogP contribution in [0.15, 0.2) is 15.8 Å². The highest BCUT2D eigenvalue weighted by Crippen LogP contribution is 2.30. The lowest BCUT2D eigenvalue weighted by molar-refractivity contribution is -0.0245. The number of nitrogens with zero attached hydrogens (tertiary/aromatic N) is 1. The van der Waals surface area contributed by atoms with Crippen LogP contribution in [0.5, 0.6) is 0 Å². The predicted octanol–water partition coefficient (Wildman–Crippen LogP) is -0.437. The minimum Gasteiger partial charge on any atom is -0.394 e. The first-order chi connectivity index (χ1) is 8.02. The van der Waals surface area contributed by atoms with Gasteiger partial charge in [-0.3, -0.25) is 14.3 Å². The number of aromatic amines is 1. The Morgan fingerprint density at radius 3 is 2.94 bits per heavy atom. The van der Waals surface area contributed by atoms with Crippen molar-refractivity contribution in [3.63, 3.8) is 0 Å². The van der Waals surface area contributed by atoms with Gasteiger partial charge in [-0.05, 0) is 0 Å². The molecule has 1 aliphatic rings. The normalized spacial score (nSPS) is 28.5. The van der Waals surface area contributed by atoms with Crippen LogP contribution in [0, 0.1) is 5.82 Å². The second-order valence-electron chi connectivity index (χ2n) is 3.71. The van der Waals surface area contributed by atoms with Crippen LogP contribution in [-0.4, -0.2) is 32.7 Å². The topological polar surface area (TPSA) is 84.3 Å². The van der Waals surface area contributed by atoms with E-state index in [1.165, 1.54) is 0 Å². The molecule has 0 aromatic carbocycles. The van der Waals surface area contributed by atoms with Crippen LogP contribution in [0.3, 0.4) is 0 Å². The van der Waals surface area contributed by atoms with E-state index in [1.54, 1.807) is 0 Å². The van der Waals surface area contributed by atoms with E-state index in [4.69, 9.17) is 21.4 Å². The minimum atomic E-state index is -1.08. The zero-order valence-corrected chi connectivity index (χ0v) is 9.35. The lowest BCUT2D eigenvalue weighted by atomic mass is 10.2. The summed E-state index contributed by atoms with van der Waals surface area (Å²) in [4.78, 5) is 24.1. The van der Waals surface area contributed by atoms with Gasteiger partial charge in [-0.25, -0.2) is 4.79 Å². The largest absolute Gasteiger partial charge is 0.394 e. The molecule has 2 heterocycles. The zero-order valence-electron chi connectivity index (χ0n) is 8.60. The number of halogens is 2. The van der Waals surface area contributed by atoms with Crippen molar-refractivity contribution in [2.75, 3.05) is 6.61 Å². The summed E-state index contributed by atoms with van der Waals surface area (Å²) in [5.41, 5.74) is -1.85. The molecule has 2 N–H and O–H groups in total. The molecule has 0 spiro atoms. The fraction of sp³-hybridized carbons (Fsp3) is 0.556. The van der Waals surface area contributed by atoms with Crippen molar-refractivity contribution >= 4 is 11.6 Å². The van der Waals surface area contributed by atoms with Gasteiger partial charge in [0.25, 0.3) is 5.56 Å². The maximum atomic E-state index is 13.0. The average molecular weight is 265 g/mol. The molecule has 17 heavy (non-hydrogen) atoms. The Bertz CT molecular complexity index is 528. The van der Waals surface area contributed by atoms with Crippen molar-refractivity contribution in [2.24, 2.45) is 0 Å². The summed E-state index contributed by atoms with van der Waals surface area (Å²) < 4.78 is 19.2. The second kappa shape index (κ2) is 4.59. The smallest absolute Gasteiger partial charge is 0.330 e. The number of rotatable bonds is 2. The fourth-order valence-corrected chi connectivity index (χ4v) is 1.99. The molecule has 8 heteroatoms. The van der Waals surface area contributed by atoms with Gasteiger partial charge in [-0.2, -0.15) is 4.39 Å². The highest BCUT2D eigenvalue weighted by Gasteiger charge is 2.35. The number of alkyl halides is 1. The summed E-state index contributed by atoms with van der Waals surface area (Å²) >= 11 is 5.88. The molecule has 1 fully saturated rings. The van der Waals surface area contributed by atoms with E-state index in [0.717, 1.165) is 10.8 Å². The highest BCUT2D eigenvalue weighted by atomic mass is 35.5. The monoisotopic (exact) mass is 264 g/mol. The predicted molar refractivity (Wildman–Crippen MR) is 56.5 cm³/mol. The van der Waals surface area contributed by atoms with E-state index < -0.39 is 34.8 Å². The molecule has 0 aliphatic carbocycles. The van der Waals surface area contributed by atoms with Gasteiger partial charge in [0.05, 0.1) is 24.3 Å². The number of ether oxygens (including phenoxy) is 1. The van der Waals surface area contributed by atoms with E-state index in [2.05, 4.69) is 0 Å². The molecule has 6 nitrogen and oxygen atoms in total. The number of nitrogens with one attached hydrogen (secondary N) is 1. The number of aromatic nitrogens is 2. The fourth-order valence-electron chi connectivity index (χ4n) is 1.70. The molecule has 1 aromatic heterocycles. The molecule has 1 saturated heterocycles. The Morgan fingerprint density at radius 2 is 2.35 bits per heavy atom. The van der Waals surface area contributed by atoms with E-state index in [1.807, 2.05) is 4.98 Å². The van der Waals surface area contributed by atoms with Gasteiger partial charge in [0.15, 0.2) is 0 Å². The summed E-state index contributed by atoms with van der Waals surface area (Å²) in [5.74, 6) is -1.08. The van der Waals surface area contributed by atoms with Crippen LogP contribution in [-0.2, 0) is 4.74 Å². The van der Waals surface area contributed by atoms with Crippen LogP contribution in [0.1, 0.15) is 12.6 Å². The van der Waals surface area contributed by atoms with Gasteiger partial charge in [0.2, 0.25) is 5.82 Å². The van der Waals surface area contributed by atoms with Crippen molar-refractivity contribution in [2.45, 2.75) is 24.1 Å². The number of aliphatic hydroxyl groups excluding tert-OH is 1. The van der Waals surface area contributed by atoms with E-state index >= 15 is 0 Å². The second-order valence-corrected chi connectivity index (χ2v) is 4.27. The number of H-pyrrole nitrogens is 1. The van der Waals surface area contributed by atoms with Crippen molar-refractivity contribution in [3.05, 3.63) is 32.9 Å². The summed E-state index contributed by atoms with van der Waals surface area (Å²) in [6.45, 7) is -0.286. The molecular formula is C9H10ClFN2O4. The average Bonchev–Trinajstić information content (AvgIpc) is 2.65. The summed E-state index contributed by atoms with van der Waals surface area (Å²) in [5, 5.41) is 8.47. The summed E-state index contributed by atoms with van der Waals surface area (Å²) in [7, 11) is 0. The molecule has 0 saturated carbocycles. The maximum absolute atomic E-state index is 13.0. The third-order valence-electron chi connectivity index (χ3n) is 2.58. The number of hydrogen-bond donors (Lipinski definition) is 2. The van der Waals surface area contributed by atoms with Crippen molar-refractivity contribution in [1.82, 2.24) is 9.55 Å². The first-order valence-corrected chi connectivity index (χ1v) is 5.38. The minimum absolute atomic E-state index is 0.248. The molecule has 0 bridgehead atoms. The molecule has 0 amide bonds. The van der Waals surface area contributed by atoms with Crippen LogP contribution in [0.4, 0.5) is 4.39 Å². The molecule has 0 radical (unpaired) electrons. The Hall–Kier alpha value is -1.18. The molecule has 2 rings (SSSR count). The highest BCUT2D eigenvalue weighted by molar-refractivity contribution is 6.21. The van der Waals surface area contributed by atoms with Crippen LogP contribution >= 0.6 is 11.6 Å². The van der Waals surface area contributed by atoms with Crippen LogP contribution < -0.4 is 11.2 Å².